The van der Waals surface area contributed by atoms with Gasteiger partial charge in [0.1, 0.15) is 11.3 Å². The van der Waals surface area contributed by atoms with E-state index in [2.05, 4.69) is 16.6 Å². The molecule has 0 amide bonds. The van der Waals surface area contributed by atoms with Gasteiger partial charge in [-0.15, -0.1) is 11.3 Å². The average molecular weight is 302 g/mol. The van der Waals surface area contributed by atoms with E-state index >= 15 is 0 Å². The summed E-state index contributed by atoms with van der Waals surface area (Å²) in [6.07, 6.45) is 1.69. The minimum absolute atomic E-state index is 0.0791. The van der Waals surface area contributed by atoms with Crippen LogP contribution < -0.4 is 11.3 Å². The van der Waals surface area contributed by atoms with Gasteiger partial charge in [0, 0.05) is 24.4 Å². The third kappa shape index (κ3) is 2.52. The highest BCUT2D eigenvalue weighted by molar-refractivity contribution is 7.13. The Morgan fingerprint density at radius 3 is 2.90 bits per heavy atom. The summed E-state index contributed by atoms with van der Waals surface area (Å²) >= 11 is 1.62. The Balaban J connectivity index is 2.19. The Bertz CT molecular complexity index is 801. The van der Waals surface area contributed by atoms with Crippen LogP contribution in [0.4, 0.5) is 0 Å². The summed E-state index contributed by atoms with van der Waals surface area (Å²) in [7, 11) is 0. The number of aromatic nitrogens is 3. The topological polar surface area (TPSA) is 65.3 Å². The molecular weight excluding hydrogens is 284 g/mol. The summed E-state index contributed by atoms with van der Waals surface area (Å²) in [6, 6.07) is 7.67. The van der Waals surface area contributed by atoms with Crippen molar-refractivity contribution in [3.05, 3.63) is 45.7 Å². The molecule has 0 saturated carbocycles. The Kier molecular flexibility index (Phi) is 3.90. The molecule has 3 rings (SSSR count). The van der Waals surface area contributed by atoms with Crippen LogP contribution in [0.25, 0.3) is 16.2 Å². The molecule has 0 aliphatic heterocycles. The number of hydrogen-bond donors (Lipinski definition) is 1. The molecule has 0 aliphatic carbocycles. The minimum atomic E-state index is -0.0791. The summed E-state index contributed by atoms with van der Waals surface area (Å²) in [5.41, 5.74) is 8.23. The fraction of sp³-hybridized carbons (Fsp3) is 0.333. The van der Waals surface area contributed by atoms with Crippen molar-refractivity contribution in [1.82, 2.24) is 14.2 Å². The van der Waals surface area contributed by atoms with Crippen molar-refractivity contribution in [3.8, 4) is 10.6 Å². The van der Waals surface area contributed by atoms with Gasteiger partial charge >= 0.3 is 0 Å². The molecule has 0 bridgehead atoms. The van der Waals surface area contributed by atoms with Crippen molar-refractivity contribution < 1.29 is 0 Å². The van der Waals surface area contributed by atoms with Gasteiger partial charge in [-0.3, -0.25) is 4.79 Å². The molecule has 0 aromatic carbocycles. The highest BCUT2D eigenvalue weighted by atomic mass is 32.1. The molecule has 0 radical (unpaired) electrons. The molecule has 5 nitrogen and oxygen atoms in total. The SMILES string of the molecule is CCn1c(CCCN)cc(=O)n2nc(-c3cccs3)cc12. The van der Waals surface area contributed by atoms with Crippen molar-refractivity contribution >= 4 is 17.0 Å². The van der Waals surface area contributed by atoms with Crippen LogP contribution >= 0.6 is 11.3 Å². The summed E-state index contributed by atoms with van der Waals surface area (Å²) < 4.78 is 3.63. The zero-order valence-corrected chi connectivity index (χ0v) is 12.8. The second-order valence-corrected chi connectivity index (χ2v) is 5.83. The van der Waals surface area contributed by atoms with Crippen molar-refractivity contribution in [2.24, 2.45) is 5.73 Å². The summed E-state index contributed by atoms with van der Waals surface area (Å²) in [4.78, 5) is 13.3. The molecule has 0 saturated heterocycles. The molecule has 0 atom stereocenters. The summed E-state index contributed by atoms with van der Waals surface area (Å²) in [6.45, 7) is 3.51. The molecule has 0 fully saturated rings. The predicted molar refractivity (Wildman–Crippen MR) is 85.8 cm³/mol. The Morgan fingerprint density at radius 2 is 2.24 bits per heavy atom. The minimum Gasteiger partial charge on any atom is -0.330 e. The van der Waals surface area contributed by atoms with Crippen LogP contribution in [0.3, 0.4) is 0 Å². The van der Waals surface area contributed by atoms with E-state index in [0.29, 0.717) is 6.54 Å². The van der Waals surface area contributed by atoms with Gasteiger partial charge in [0.15, 0.2) is 0 Å². The average Bonchev–Trinajstić information content (AvgIpc) is 3.13. The molecule has 3 aromatic heterocycles. The molecular formula is C15H18N4OS. The Hall–Kier alpha value is -1.92. The molecule has 0 aliphatic rings. The van der Waals surface area contributed by atoms with Gasteiger partial charge in [-0.25, -0.2) is 0 Å². The number of thiophene rings is 1. The largest absolute Gasteiger partial charge is 0.330 e. The van der Waals surface area contributed by atoms with Gasteiger partial charge in [0.25, 0.3) is 5.56 Å². The lowest BCUT2D eigenvalue weighted by Crippen LogP contribution is -2.21. The first-order chi connectivity index (χ1) is 10.2. The van der Waals surface area contributed by atoms with Crippen LogP contribution in [0.5, 0.6) is 0 Å². The van der Waals surface area contributed by atoms with Crippen molar-refractivity contribution in [2.75, 3.05) is 6.54 Å². The Labute approximate surface area is 126 Å². The number of nitrogens with zero attached hydrogens (tertiary/aromatic N) is 3. The maximum absolute atomic E-state index is 12.3. The third-order valence-corrected chi connectivity index (χ3v) is 4.43. The van der Waals surface area contributed by atoms with Crippen LogP contribution in [0.2, 0.25) is 0 Å². The maximum Gasteiger partial charge on any atom is 0.274 e. The van der Waals surface area contributed by atoms with Crippen molar-refractivity contribution in [1.29, 1.82) is 0 Å². The van der Waals surface area contributed by atoms with E-state index in [0.717, 1.165) is 41.3 Å². The van der Waals surface area contributed by atoms with Crippen LogP contribution in [-0.2, 0) is 13.0 Å². The molecule has 0 unspecified atom stereocenters. The highest BCUT2D eigenvalue weighted by Gasteiger charge is 2.12. The van der Waals surface area contributed by atoms with Crippen LogP contribution in [-0.4, -0.2) is 20.7 Å². The van der Waals surface area contributed by atoms with Gasteiger partial charge in [-0.1, -0.05) is 6.07 Å². The van der Waals surface area contributed by atoms with E-state index in [1.54, 1.807) is 17.4 Å². The third-order valence-electron chi connectivity index (χ3n) is 3.54. The molecule has 6 heteroatoms. The summed E-state index contributed by atoms with van der Waals surface area (Å²) in [5, 5.41) is 6.47. The number of aryl methyl sites for hydroxylation is 2. The zero-order chi connectivity index (χ0) is 14.8. The molecule has 21 heavy (non-hydrogen) atoms. The van der Waals surface area contributed by atoms with E-state index in [-0.39, 0.29) is 5.56 Å². The van der Waals surface area contributed by atoms with Crippen molar-refractivity contribution in [2.45, 2.75) is 26.3 Å². The fourth-order valence-corrected chi connectivity index (χ4v) is 3.24. The molecule has 3 aromatic rings. The predicted octanol–water partition coefficient (Wildman–Crippen LogP) is 2.14. The lowest BCUT2D eigenvalue weighted by atomic mass is 10.2. The fourth-order valence-electron chi connectivity index (χ4n) is 2.55. The first-order valence-electron chi connectivity index (χ1n) is 7.11. The smallest absolute Gasteiger partial charge is 0.274 e. The zero-order valence-electron chi connectivity index (χ0n) is 12.0. The van der Waals surface area contributed by atoms with E-state index in [9.17, 15) is 4.79 Å². The summed E-state index contributed by atoms with van der Waals surface area (Å²) in [5.74, 6) is 0. The number of fused-ring (bicyclic) bond motifs is 1. The van der Waals surface area contributed by atoms with E-state index in [1.165, 1.54) is 4.52 Å². The number of hydrogen-bond acceptors (Lipinski definition) is 4. The number of rotatable bonds is 5. The molecule has 3 heterocycles. The first kappa shape index (κ1) is 14.0. The Morgan fingerprint density at radius 1 is 1.38 bits per heavy atom. The van der Waals surface area contributed by atoms with Gasteiger partial charge in [-0.05, 0) is 37.8 Å². The van der Waals surface area contributed by atoms with Crippen LogP contribution in [0.1, 0.15) is 19.0 Å². The van der Waals surface area contributed by atoms with Gasteiger partial charge in [0.05, 0.1) is 4.88 Å². The quantitative estimate of drug-likeness (QED) is 0.785. The lowest BCUT2D eigenvalue weighted by Gasteiger charge is -2.12. The van der Waals surface area contributed by atoms with E-state index < -0.39 is 0 Å². The van der Waals surface area contributed by atoms with E-state index in [4.69, 9.17) is 5.73 Å². The standard InChI is InChI=1S/C15H18N4OS/c1-2-18-11(5-3-7-16)9-15(20)19-14(18)10-12(17-19)13-6-4-8-21-13/h4,6,8-10H,2-3,5,7,16H2,1H3. The van der Waals surface area contributed by atoms with Crippen LogP contribution in [0.15, 0.2) is 34.4 Å². The molecule has 2 N–H and O–H groups in total. The monoisotopic (exact) mass is 302 g/mol. The van der Waals surface area contributed by atoms with Crippen LogP contribution in [0, 0.1) is 0 Å². The molecule has 0 spiro atoms. The molecule has 110 valence electrons. The van der Waals surface area contributed by atoms with Gasteiger partial charge < -0.3 is 10.3 Å². The maximum atomic E-state index is 12.3. The van der Waals surface area contributed by atoms with Gasteiger partial charge in [0.2, 0.25) is 0 Å². The second-order valence-electron chi connectivity index (χ2n) is 4.89. The lowest BCUT2D eigenvalue weighted by molar-refractivity contribution is 0.669. The van der Waals surface area contributed by atoms with E-state index in [1.807, 2.05) is 23.6 Å². The highest BCUT2D eigenvalue weighted by Crippen LogP contribution is 2.24. The number of nitrogens with two attached hydrogens (primary N) is 1. The van der Waals surface area contributed by atoms with Gasteiger partial charge in [-0.2, -0.15) is 9.61 Å². The second kappa shape index (κ2) is 5.83. The van der Waals surface area contributed by atoms with Crippen molar-refractivity contribution in [3.63, 3.8) is 0 Å². The normalized spacial score (nSPS) is 11.3. The first-order valence-corrected chi connectivity index (χ1v) is 7.99.